The first-order valence-electron chi connectivity index (χ1n) is 5.17. The Morgan fingerprint density at radius 1 is 1.56 bits per heavy atom. The van der Waals surface area contributed by atoms with Crippen LogP contribution >= 0.6 is 22.9 Å². The van der Waals surface area contributed by atoms with Crippen LogP contribution in [0.4, 0.5) is 0 Å². The van der Waals surface area contributed by atoms with Gasteiger partial charge in [0.05, 0.1) is 5.92 Å². The molecular formula is C12H10ClNO3S. The van der Waals surface area contributed by atoms with E-state index in [0.717, 1.165) is 0 Å². The van der Waals surface area contributed by atoms with Crippen molar-refractivity contribution in [3.05, 3.63) is 40.4 Å². The first-order chi connectivity index (χ1) is 8.58. The van der Waals surface area contributed by atoms with Crippen molar-refractivity contribution in [1.29, 1.82) is 0 Å². The predicted molar refractivity (Wildman–Crippen MR) is 69.7 cm³/mol. The number of aromatic nitrogens is 1. The maximum absolute atomic E-state index is 10.9. The van der Waals surface area contributed by atoms with Crippen molar-refractivity contribution in [3.8, 4) is 10.9 Å². The quantitative estimate of drug-likeness (QED) is 0.928. The summed E-state index contributed by atoms with van der Waals surface area (Å²) in [6.45, 7) is 1.59. The highest BCUT2D eigenvalue weighted by Gasteiger charge is 2.17. The van der Waals surface area contributed by atoms with Crippen LogP contribution in [0.15, 0.2) is 29.8 Å². The molecule has 0 saturated heterocycles. The highest BCUT2D eigenvalue weighted by molar-refractivity contribution is 7.11. The second kappa shape index (κ2) is 5.37. The average Bonchev–Trinajstić information content (AvgIpc) is 2.81. The van der Waals surface area contributed by atoms with E-state index in [1.807, 2.05) is 0 Å². The lowest BCUT2D eigenvalue weighted by molar-refractivity contribution is -0.138. The van der Waals surface area contributed by atoms with Gasteiger partial charge in [0.15, 0.2) is 0 Å². The summed E-state index contributed by atoms with van der Waals surface area (Å²) in [6.07, 6.45) is 1.64. The van der Waals surface area contributed by atoms with Gasteiger partial charge in [0.2, 0.25) is 0 Å². The van der Waals surface area contributed by atoms with Crippen molar-refractivity contribution >= 4 is 28.9 Å². The molecule has 0 saturated carbocycles. The van der Waals surface area contributed by atoms with E-state index in [4.69, 9.17) is 21.4 Å². The zero-order chi connectivity index (χ0) is 13.1. The molecule has 0 aliphatic heterocycles. The smallest absolute Gasteiger partial charge is 0.310 e. The maximum atomic E-state index is 10.9. The number of benzene rings is 1. The normalized spacial score (nSPS) is 12.1. The predicted octanol–water partition coefficient (Wildman–Crippen LogP) is 3.78. The molecule has 94 valence electrons. The number of aliphatic carboxylic acids is 1. The molecule has 0 aliphatic rings. The van der Waals surface area contributed by atoms with E-state index in [1.165, 1.54) is 11.3 Å². The van der Waals surface area contributed by atoms with Gasteiger partial charge in [-0.15, -0.1) is 0 Å². The molecule has 18 heavy (non-hydrogen) atoms. The Kier molecular flexibility index (Phi) is 3.84. The number of carbonyl (C=O) groups is 1. The van der Waals surface area contributed by atoms with Gasteiger partial charge in [-0.3, -0.25) is 4.79 Å². The van der Waals surface area contributed by atoms with Gasteiger partial charge in [0.1, 0.15) is 5.75 Å². The molecule has 0 fully saturated rings. The van der Waals surface area contributed by atoms with Crippen molar-refractivity contribution in [3.63, 3.8) is 0 Å². The van der Waals surface area contributed by atoms with E-state index in [2.05, 4.69) is 4.98 Å². The Balaban J connectivity index is 2.22. The summed E-state index contributed by atoms with van der Waals surface area (Å²) in [7, 11) is 0. The van der Waals surface area contributed by atoms with E-state index in [0.29, 0.717) is 21.5 Å². The Labute approximate surface area is 113 Å². The molecule has 1 aromatic heterocycles. The largest absolute Gasteiger partial charge is 0.481 e. The van der Waals surface area contributed by atoms with E-state index >= 15 is 0 Å². The minimum absolute atomic E-state index is 0.374. The zero-order valence-electron chi connectivity index (χ0n) is 9.46. The molecule has 1 heterocycles. The number of carboxylic acid groups (broad SMARTS) is 1. The minimum atomic E-state index is -0.912. The van der Waals surface area contributed by atoms with Crippen LogP contribution in [0.1, 0.15) is 18.4 Å². The maximum Gasteiger partial charge on any atom is 0.310 e. The van der Waals surface area contributed by atoms with Crippen LogP contribution in [0, 0.1) is 0 Å². The third-order valence-electron chi connectivity index (χ3n) is 2.42. The number of thiazole rings is 1. The summed E-state index contributed by atoms with van der Waals surface area (Å²) in [5.41, 5.74) is 0.565. The number of halogens is 1. The number of ether oxygens (including phenoxy) is 1. The highest BCUT2D eigenvalue weighted by atomic mass is 35.5. The van der Waals surface area contributed by atoms with Crippen LogP contribution in [0.2, 0.25) is 5.02 Å². The summed E-state index contributed by atoms with van der Waals surface area (Å²) < 4.78 is 5.47. The molecule has 0 radical (unpaired) electrons. The topological polar surface area (TPSA) is 59.4 Å². The molecule has 0 aliphatic carbocycles. The molecule has 1 atom stereocenters. The number of rotatable bonds is 4. The number of hydrogen-bond acceptors (Lipinski definition) is 4. The van der Waals surface area contributed by atoms with E-state index in [-0.39, 0.29) is 0 Å². The fraction of sp³-hybridized carbons (Fsp3) is 0.167. The molecule has 0 bridgehead atoms. The third kappa shape index (κ3) is 2.80. The summed E-state index contributed by atoms with van der Waals surface area (Å²) in [4.78, 5) is 14.9. The summed E-state index contributed by atoms with van der Waals surface area (Å²) in [5.74, 6) is -1.02. The zero-order valence-corrected chi connectivity index (χ0v) is 11.0. The molecular weight excluding hydrogens is 274 g/mol. The van der Waals surface area contributed by atoms with Crippen LogP contribution in [-0.2, 0) is 4.79 Å². The number of carboxylic acids is 1. The fourth-order valence-electron chi connectivity index (χ4n) is 1.42. The highest BCUT2D eigenvalue weighted by Crippen LogP contribution is 2.31. The molecule has 0 amide bonds. The second-order valence-electron chi connectivity index (χ2n) is 3.64. The monoisotopic (exact) mass is 283 g/mol. The van der Waals surface area contributed by atoms with Gasteiger partial charge >= 0.3 is 5.97 Å². The molecule has 0 spiro atoms. The van der Waals surface area contributed by atoms with Gasteiger partial charge in [-0.2, -0.15) is 0 Å². The van der Waals surface area contributed by atoms with E-state index < -0.39 is 11.9 Å². The summed E-state index contributed by atoms with van der Waals surface area (Å²) >= 11 is 7.42. The summed E-state index contributed by atoms with van der Waals surface area (Å²) in [6, 6.07) is 4.93. The molecule has 2 aromatic rings. The van der Waals surface area contributed by atoms with Gasteiger partial charge in [0, 0.05) is 16.6 Å². The van der Waals surface area contributed by atoms with Crippen molar-refractivity contribution in [2.75, 3.05) is 0 Å². The number of nitrogens with zero attached hydrogens (tertiary/aromatic N) is 1. The minimum Gasteiger partial charge on any atom is -0.481 e. The molecule has 1 N–H and O–H groups in total. The van der Waals surface area contributed by atoms with Crippen LogP contribution in [-0.4, -0.2) is 16.1 Å². The van der Waals surface area contributed by atoms with Gasteiger partial charge in [-0.1, -0.05) is 29.0 Å². The van der Waals surface area contributed by atoms with Gasteiger partial charge in [-0.05, 0) is 24.6 Å². The Bertz CT molecular complexity index is 556. The first-order valence-corrected chi connectivity index (χ1v) is 6.43. The Morgan fingerprint density at radius 3 is 2.89 bits per heavy atom. The summed E-state index contributed by atoms with van der Waals surface area (Å²) in [5, 5.41) is 11.6. The standard InChI is InChI=1S/C12H10ClNO3S/c1-7(11(15)16)9-3-2-8(6-10(9)13)17-12-14-4-5-18-12/h2-7H,1H3,(H,15,16). The van der Waals surface area contributed by atoms with Crippen molar-refractivity contribution in [1.82, 2.24) is 4.98 Å². The van der Waals surface area contributed by atoms with Crippen molar-refractivity contribution in [2.24, 2.45) is 0 Å². The van der Waals surface area contributed by atoms with Crippen LogP contribution < -0.4 is 4.74 Å². The Morgan fingerprint density at radius 2 is 2.33 bits per heavy atom. The molecule has 2 rings (SSSR count). The van der Waals surface area contributed by atoms with E-state index in [9.17, 15) is 4.79 Å². The van der Waals surface area contributed by atoms with Gasteiger partial charge in [0.25, 0.3) is 5.19 Å². The molecule has 1 aromatic carbocycles. The molecule has 4 nitrogen and oxygen atoms in total. The fourth-order valence-corrected chi connectivity index (χ4v) is 2.26. The van der Waals surface area contributed by atoms with Gasteiger partial charge < -0.3 is 9.84 Å². The SMILES string of the molecule is CC(C(=O)O)c1ccc(Oc2nccs2)cc1Cl. The number of hydrogen-bond donors (Lipinski definition) is 1. The van der Waals surface area contributed by atoms with Crippen LogP contribution in [0.5, 0.6) is 10.9 Å². The first kappa shape index (κ1) is 12.9. The van der Waals surface area contributed by atoms with Crippen molar-refractivity contribution in [2.45, 2.75) is 12.8 Å². The molecule has 6 heteroatoms. The second-order valence-corrected chi connectivity index (χ2v) is 4.91. The third-order valence-corrected chi connectivity index (χ3v) is 3.40. The van der Waals surface area contributed by atoms with Crippen LogP contribution in [0.25, 0.3) is 0 Å². The Hall–Kier alpha value is -1.59. The van der Waals surface area contributed by atoms with Crippen molar-refractivity contribution < 1.29 is 14.6 Å². The van der Waals surface area contributed by atoms with Crippen LogP contribution in [0.3, 0.4) is 0 Å². The average molecular weight is 284 g/mol. The lowest BCUT2D eigenvalue weighted by Crippen LogP contribution is -2.07. The lowest BCUT2D eigenvalue weighted by Gasteiger charge is -2.10. The van der Waals surface area contributed by atoms with Gasteiger partial charge in [-0.25, -0.2) is 4.98 Å². The lowest BCUT2D eigenvalue weighted by atomic mass is 10.0. The van der Waals surface area contributed by atoms with E-state index in [1.54, 1.807) is 36.7 Å². The molecule has 1 unspecified atom stereocenters.